The highest BCUT2D eigenvalue weighted by molar-refractivity contribution is 5.91. The van der Waals surface area contributed by atoms with Crippen LogP contribution >= 0.6 is 0 Å². The number of aromatic hydroxyl groups is 1. The minimum Gasteiger partial charge on any atom is -0.507 e. The average Bonchev–Trinajstić information content (AvgIpc) is 2.74. The largest absolute Gasteiger partial charge is 0.507 e. The third-order valence-corrected chi connectivity index (χ3v) is 5.19. The average molecular weight is 422 g/mol. The standard InChI is InChI=1S/C25H26O6/c1-16(31-21-12-10-19(29-4)11-13-21)30-20-8-5-17(6-9-20)25(2,3)18-7-14-23(26)22(15-18)24(27)28/h5-16,26H,1-4H3,(H,27,28). The Morgan fingerprint density at radius 2 is 1.32 bits per heavy atom. The fraction of sp³-hybridized carbons (Fsp3) is 0.240. The van der Waals surface area contributed by atoms with Crippen LogP contribution in [0.3, 0.4) is 0 Å². The van der Waals surface area contributed by atoms with Crippen molar-refractivity contribution < 1.29 is 29.2 Å². The van der Waals surface area contributed by atoms with Gasteiger partial charge in [-0.05, 0) is 59.7 Å². The summed E-state index contributed by atoms with van der Waals surface area (Å²) in [6.07, 6.45) is -0.498. The van der Waals surface area contributed by atoms with E-state index in [2.05, 4.69) is 0 Å². The van der Waals surface area contributed by atoms with Crippen LogP contribution in [0.2, 0.25) is 0 Å². The van der Waals surface area contributed by atoms with Crippen LogP contribution in [0.25, 0.3) is 0 Å². The zero-order valence-electron chi connectivity index (χ0n) is 18.0. The van der Waals surface area contributed by atoms with Crippen molar-refractivity contribution >= 4 is 5.97 Å². The van der Waals surface area contributed by atoms with Crippen molar-refractivity contribution in [2.45, 2.75) is 32.5 Å². The highest BCUT2D eigenvalue weighted by atomic mass is 16.7. The van der Waals surface area contributed by atoms with Gasteiger partial charge in [0.1, 0.15) is 28.6 Å². The van der Waals surface area contributed by atoms with Crippen molar-refractivity contribution in [2.24, 2.45) is 0 Å². The first-order valence-electron chi connectivity index (χ1n) is 9.85. The van der Waals surface area contributed by atoms with Gasteiger partial charge in [-0.3, -0.25) is 0 Å². The van der Waals surface area contributed by atoms with Crippen LogP contribution < -0.4 is 14.2 Å². The van der Waals surface area contributed by atoms with Crippen molar-refractivity contribution in [3.8, 4) is 23.0 Å². The molecule has 6 heteroatoms. The van der Waals surface area contributed by atoms with Crippen LogP contribution in [0.1, 0.15) is 42.3 Å². The molecule has 3 rings (SSSR count). The van der Waals surface area contributed by atoms with Gasteiger partial charge in [0.2, 0.25) is 6.29 Å². The second kappa shape index (κ2) is 9.00. The maximum absolute atomic E-state index is 11.4. The summed E-state index contributed by atoms with van der Waals surface area (Å²) in [6, 6.07) is 19.5. The van der Waals surface area contributed by atoms with Crippen LogP contribution in [-0.2, 0) is 5.41 Å². The van der Waals surface area contributed by atoms with Crippen LogP contribution in [0, 0.1) is 0 Å². The lowest BCUT2D eigenvalue weighted by atomic mass is 9.77. The van der Waals surface area contributed by atoms with Crippen LogP contribution in [0.5, 0.6) is 23.0 Å². The van der Waals surface area contributed by atoms with E-state index in [1.165, 1.54) is 12.1 Å². The molecule has 3 aromatic rings. The molecule has 0 amide bonds. The lowest BCUT2D eigenvalue weighted by molar-refractivity contribution is 0.0222. The molecule has 6 nitrogen and oxygen atoms in total. The predicted molar refractivity (Wildman–Crippen MR) is 117 cm³/mol. The number of ether oxygens (including phenoxy) is 3. The topological polar surface area (TPSA) is 85.2 Å². The van der Waals surface area contributed by atoms with E-state index < -0.39 is 17.7 Å². The molecule has 0 saturated heterocycles. The molecule has 2 N–H and O–H groups in total. The van der Waals surface area contributed by atoms with E-state index in [4.69, 9.17) is 14.2 Å². The molecule has 0 spiro atoms. The molecule has 1 unspecified atom stereocenters. The molecule has 1 atom stereocenters. The van der Waals surface area contributed by atoms with E-state index in [1.54, 1.807) is 13.2 Å². The zero-order valence-corrected chi connectivity index (χ0v) is 18.0. The number of phenols is 1. The Balaban J connectivity index is 1.71. The third kappa shape index (κ3) is 5.09. The molecular weight excluding hydrogens is 396 g/mol. The SMILES string of the molecule is COc1ccc(OC(C)Oc2ccc(C(C)(C)c3ccc(O)c(C(=O)O)c3)cc2)cc1. The van der Waals surface area contributed by atoms with Gasteiger partial charge in [-0.25, -0.2) is 4.79 Å². The quantitative estimate of drug-likeness (QED) is 0.484. The van der Waals surface area contributed by atoms with E-state index in [9.17, 15) is 15.0 Å². The summed E-state index contributed by atoms with van der Waals surface area (Å²) in [5.41, 5.74) is 1.18. The Bertz CT molecular complexity index is 1040. The summed E-state index contributed by atoms with van der Waals surface area (Å²) in [7, 11) is 1.61. The van der Waals surface area contributed by atoms with E-state index in [0.29, 0.717) is 11.5 Å². The Hall–Kier alpha value is -3.67. The second-order valence-corrected chi connectivity index (χ2v) is 7.67. The Morgan fingerprint density at radius 1 is 0.839 bits per heavy atom. The fourth-order valence-electron chi connectivity index (χ4n) is 3.27. The number of carboxylic acid groups (broad SMARTS) is 1. The summed E-state index contributed by atoms with van der Waals surface area (Å²) >= 11 is 0. The molecule has 0 aromatic heterocycles. The highest BCUT2D eigenvalue weighted by Gasteiger charge is 2.25. The number of hydrogen-bond acceptors (Lipinski definition) is 5. The monoisotopic (exact) mass is 422 g/mol. The first kappa shape index (κ1) is 22.0. The van der Waals surface area contributed by atoms with Crippen molar-refractivity contribution in [2.75, 3.05) is 7.11 Å². The van der Waals surface area contributed by atoms with Gasteiger partial charge in [-0.1, -0.05) is 32.0 Å². The molecule has 0 aliphatic heterocycles. The van der Waals surface area contributed by atoms with Crippen molar-refractivity contribution in [1.82, 2.24) is 0 Å². The van der Waals surface area contributed by atoms with Gasteiger partial charge < -0.3 is 24.4 Å². The number of aromatic carboxylic acids is 1. The predicted octanol–water partition coefficient (Wildman–Crippen LogP) is 5.23. The molecule has 0 bridgehead atoms. The van der Waals surface area contributed by atoms with Crippen LogP contribution in [-0.4, -0.2) is 29.6 Å². The second-order valence-electron chi connectivity index (χ2n) is 7.67. The number of carbonyl (C=O) groups is 1. The summed E-state index contributed by atoms with van der Waals surface area (Å²) in [6.45, 7) is 5.80. The number of benzene rings is 3. The zero-order chi connectivity index (χ0) is 22.6. The van der Waals surface area contributed by atoms with Crippen LogP contribution in [0.4, 0.5) is 0 Å². The molecule has 3 aromatic carbocycles. The number of methoxy groups -OCH3 is 1. The minimum absolute atomic E-state index is 0.116. The molecule has 0 saturated carbocycles. The summed E-state index contributed by atoms with van der Waals surface area (Å²) in [5.74, 6) is 0.666. The molecule has 0 fully saturated rings. The smallest absolute Gasteiger partial charge is 0.339 e. The van der Waals surface area contributed by atoms with Gasteiger partial charge in [-0.15, -0.1) is 0 Å². The Labute approximate surface area is 181 Å². The number of hydrogen-bond donors (Lipinski definition) is 2. The minimum atomic E-state index is -1.16. The van der Waals surface area contributed by atoms with Gasteiger partial charge in [0, 0.05) is 12.3 Å². The van der Waals surface area contributed by atoms with E-state index in [-0.39, 0.29) is 11.3 Å². The van der Waals surface area contributed by atoms with Gasteiger partial charge in [-0.2, -0.15) is 0 Å². The number of rotatable bonds is 8. The van der Waals surface area contributed by atoms with E-state index in [1.807, 2.05) is 69.3 Å². The molecule has 0 heterocycles. The van der Waals surface area contributed by atoms with E-state index >= 15 is 0 Å². The maximum atomic E-state index is 11.4. The van der Waals surface area contributed by atoms with Gasteiger partial charge >= 0.3 is 5.97 Å². The summed E-state index contributed by atoms with van der Waals surface area (Å²) < 4.78 is 16.8. The van der Waals surface area contributed by atoms with Gasteiger partial charge in [0.25, 0.3) is 0 Å². The Kier molecular flexibility index (Phi) is 6.39. The summed E-state index contributed by atoms with van der Waals surface area (Å²) in [5, 5.41) is 19.1. The van der Waals surface area contributed by atoms with Gasteiger partial charge in [0.05, 0.1) is 7.11 Å². The molecule has 0 aliphatic rings. The molecular formula is C25H26O6. The van der Waals surface area contributed by atoms with Crippen molar-refractivity contribution in [1.29, 1.82) is 0 Å². The van der Waals surface area contributed by atoms with E-state index in [0.717, 1.165) is 16.9 Å². The number of carboxylic acids is 1. The molecule has 31 heavy (non-hydrogen) atoms. The maximum Gasteiger partial charge on any atom is 0.339 e. The first-order valence-corrected chi connectivity index (χ1v) is 9.85. The first-order chi connectivity index (χ1) is 14.7. The fourth-order valence-corrected chi connectivity index (χ4v) is 3.27. The normalized spacial score (nSPS) is 12.1. The van der Waals surface area contributed by atoms with Crippen molar-refractivity contribution in [3.63, 3.8) is 0 Å². The molecule has 0 radical (unpaired) electrons. The van der Waals surface area contributed by atoms with Crippen LogP contribution in [0.15, 0.2) is 66.7 Å². The highest BCUT2D eigenvalue weighted by Crippen LogP contribution is 2.34. The molecule has 162 valence electrons. The van der Waals surface area contributed by atoms with Gasteiger partial charge in [0.15, 0.2) is 0 Å². The third-order valence-electron chi connectivity index (χ3n) is 5.19. The van der Waals surface area contributed by atoms with Crippen molar-refractivity contribution in [3.05, 3.63) is 83.4 Å². The lowest BCUT2D eigenvalue weighted by Crippen LogP contribution is -2.21. The lowest BCUT2D eigenvalue weighted by Gasteiger charge is -2.27. The Morgan fingerprint density at radius 3 is 1.84 bits per heavy atom. The summed E-state index contributed by atoms with van der Waals surface area (Å²) in [4.78, 5) is 11.4. The molecule has 0 aliphatic carbocycles.